The molecule has 2 aromatic rings. The fraction of sp³-hybridized carbons (Fsp3) is 0.391. The summed E-state index contributed by atoms with van der Waals surface area (Å²) in [5, 5.41) is 2.88. The van der Waals surface area contributed by atoms with Crippen LogP contribution >= 0.6 is 0 Å². The standard InChI is InChI=1S/C23H30N2O3/c1-16(2)24-23(27)19(5)25(14-20-12-10-17(3)11-13-20)22(26)15-28-21-9-7-6-8-18(21)4/h6-13,16,19H,14-15H2,1-5H3,(H,24,27)/t19-/m0/s1. The summed E-state index contributed by atoms with van der Waals surface area (Å²) in [6, 6.07) is 14.9. The van der Waals surface area contributed by atoms with Crippen molar-refractivity contribution in [3.8, 4) is 5.75 Å². The average Bonchev–Trinajstić information content (AvgIpc) is 2.65. The van der Waals surface area contributed by atoms with E-state index in [0.29, 0.717) is 12.3 Å². The van der Waals surface area contributed by atoms with Gasteiger partial charge in [0.05, 0.1) is 0 Å². The Morgan fingerprint density at radius 3 is 2.25 bits per heavy atom. The highest BCUT2D eigenvalue weighted by atomic mass is 16.5. The first-order chi connectivity index (χ1) is 13.3. The maximum Gasteiger partial charge on any atom is 0.261 e. The van der Waals surface area contributed by atoms with Crippen LogP contribution in [0.25, 0.3) is 0 Å². The largest absolute Gasteiger partial charge is 0.484 e. The van der Waals surface area contributed by atoms with Crippen LogP contribution in [0.1, 0.15) is 37.5 Å². The Morgan fingerprint density at radius 1 is 1.00 bits per heavy atom. The minimum atomic E-state index is -0.600. The van der Waals surface area contributed by atoms with Crippen molar-refractivity contribution >= 4 is 11.8 Å². The van der Waals surface area contributed by atoms with Gasteiger partial charge in [-0.25, -0.2) is 0 Å². The molecule has 0 aliphatic rings. The second kappa shape index (κ2) is 9.93. The SMILES string of the molecule is Cc1ccc(CN(C(=O)COc2ccccc2C)[C@@H](C)C(=O)NC(C)C)cc1. The van der Waals surface area contributed by atoms with Crippen molar-refractivity contribution in [3.05, 3.63) is 65.2 Å². The molecule has 5 nitrogen and oxygen atoms in total. The molecule has 0 bridgehead atoms. The van der Waals surface area contributed by atoms with E-state index in [-0.39, 0.29) is 24.5 Å². The molecule has 2 amide bonds. The monoisotopic (exact) mass is 382 g/mol. The molecular formula is C23H30N2O3. The summed E-state index contributed by atoms with van der Waals surface area (Å²) >= 11 is 0. The maximum absolute atomic E-state index is 13.0. The van der Waals surface area contributed by atoms with Crippen LogP contribution in [0.3, 0.4) is 0 Å². The Labute approximate surface area is 167 Å². The van der Waals surface area contributed by atoms with Gasteiger partial charge in [-0.15, -0.1) is 0 Å². The predicted molar refractivity (Wildman–Crippen MR) is 111 cm³/mol. The lowest BCUT2D eigenvalue weighted by Gasteiger charge is -2.29. The molecule has 1 N–H and O–H groups in total. The maximum atomic E-state index is 13.0. The number of benzene rings is 2. The first-order valence-corrected chi connectivity index (χ1v) is 9.61. The number of aryl methyl sites for hydroxylation is 2. The Hall–Kier alpha value is -2.82. The molecule has 0 unspecified atom stereocenters. The van der Waals surface area contributed by atoms with Gasteiger partial charge in [-0.1, -0.05) is 48.0 Å². The topological polar surface area (TPSA) is 58.6 Å². The van der Waals surface area contributed by atoms with Crippen LogP contribution in [0.2, 0.25) is 0 Å². The van der Waals surface area contributed by atoms with Crippen LogP contribution in [-0.4, -0.2) is 35.4 Å². The van der Waals surface area contributed by atoms with Crippen LogP contribution in [0.15, 0.2) is 48.5 Å². The molecular weight excluding hydrogens is 352 g/mol. The normalized spacial score (nSPS) is 11.8. The molecule has 5 heteroatoms. The number of rotatable bonds is 8. The second-order valence-corrected chi connectivity index (χ2v) is 7.40. The minimum Gasteiger partial charge on any atom is -0.484 e. The number of ether oxygens (including phenoxy) is 1. The van der Waals surface area contributed by atoms with E-state index >= 15 is 0 Å². The first-order valence-electron chi connectivity index (χ1n) is 9.61. The van der Waals surface area contributed by atoms with E-state index < -0.39 is 6.04 Å². The highest BCUT2D eigenvalue weighted by Crippen LogP contribution is 2.17. The molecule has 0 saturated heterocycles. The molecule has 1 atom stereocenters. The zero-order valence-electron chi connectivity index (χ0n) is 17.4. The fourth-order valence-electron chi connectivity index (χ4n) is 2.82. The molecule has 0 radical (unpaired) electrons. The van der Waals surface area contributed by atoms with E-state index in [2.05, 4.69) is 5.32 Å². The Balaban J connectivity index is 2.15. The third-order valence-corrected chi connectivity index (χ3v) is 4.52. The highest BCUT2D eigenvalue weighted by molar-refractivity contribution is 5.88. The molecule has 0 spiro atoms. The molecule has 0 fully saturated rings. The lowest BCUT2D eigenvalue weighted by molar-refractivity contribution is -0.142. The summed E-state index contributed by atoms with van der Waals surface area (Å²) in [6.45, 7) is 9.73. The van der Waals surface area contributed by atoms with E-state index in [1.165, 1.54) is 0 Å². The third kappa shape index (κ3) is 6.12. The van der Waals surface area contributed by atoms with E-state index in [0.717, 1.165) is 16.7 Å². The van der Waals surface area contributed by atoms with Gasteiger partial charge in [0.15, 0.2) is 6.61 Å². The molecule has 0 aliphatic heterocycles. The number of amides is 2. The molecule has 2 aromatic carbocycles. The summed E-state index contributed by atoms with van der Waals surface area (Å²) in [5.41, 5.74) is 3.08. The molecule has 0 aliphatic carbocycles. The molecule has 0 aromatic heterocycles. The number of carbonyl (C=O) groups excluding carboxylic acids is 2. The Kier molecular flexibility index (Phi) is 7.61. The molecule has 2 rings (SSSR count). The summed E-state index contributed by atoms with van der Waals surface area (Å²) in [5.74, 6) is 0.270. The molecule has 150 valence electrons. The van der Waals surface area contributed by atoms with Crippen LogP contribution in [0.5, 0.6) is 5.75 Å². The van der Waals surface area contributed by atoms with Gasteiger partial charge in [0, 0.05) is 12.6 Å². The average molecular weight is 383 g/mol. The second-order valence-electron chi connectivity index (χ2n) is 7.40. The molecule has 0 saturated carbocycles. The Bertz CT molecular complexity index is 800. The van der Waals surface area contributed by atoms with E-state index in [1.54, 1.807) is 11.8 Å². The van der Waals surface area contributed by atoms with Gasteiger partial charge in [-0.3, -0.25) is 9.59 Å². The number of nitrogens with zero attached hydrogens (tertiary/aromatic N) is 1. The minimum absolute atomic E-state index is 0.00879. The highest BCUT2D eigenvalue weighted by Gasteiger charge is 2.26. The van der Waals surface area contributed by atoms with E-state index in [1.807, 2.05) is 76.2 Å². The van der Waals surface area contributed by atoms with Crippen molar-refractivity contribution in [1.82, 2.24) is 10.2 Å². The summed E-state index contributed by atoms with van der Waals surface area (Å²) < 4.78 is 5.72. The van der Waals surface area contributed by atoms with Crippen LogP contribution in [0.4, 0.5) is 0 Å². The van der Waals surface area contributed by atoms with Crippen molar-refractivity contribution in [2.45, 2.75) is 53.2 Å². The first kappa shape index (κ1) is 21.5. The number of nitrogens with one attached hydrogen (secondary N) is 1. The number of para-hydroxylation sites is 1. The van der Waals surface area contributed by atoms with Crippen molar-refractivity contribution in [3.63, 3.8) is 0 Å². The predicted octanol–water partition coefficient (Wildman–Crippen LogP) is 3.62. The zero-order chi connectivity index (χ0) is 20.7. The van der Waals surface area contributed by atoms with Gasteiger partial charge in [0.2, 0.25) is 5.91 Å². The van der Waals surface area contributed by atoms with Gasteiger partial charge in [0.25, 0.3) is 5.91 Å². The van der Waals surface area contributed by atoms with Gasteiger partial charge in [-0.2, -0.15) is 0 Å². The van der Waals surface area contributed by atoms with E-state index in [4.69, 9.17) is 4.74 Å². The number of hydrogen-bond donors (Lipinski definition) is 1. The summed E-state index contributed by atoms with van der Waals surface area (Å²) in [7, 11) is 0. The van der Waals surface area contributed by atoms with Crippen LogP contribution in [-0.2, 0) is 16.1 Å². The van der Waals surface area contributed by atoms with Crippen molar-refractivity contribution in [1.29, 1.82) is 0 Å². The molecule has 0 heterocycles. The zero-order valence-corrected chi connectivity index (χ0v) is 17.4. The van der Waals surface area contributed by atoms with Crippen molar-refractivity contribution in [2.75, 3.05) is 6.61 Å². The summed E-state index contributed by atoms with van der Waals surface area (Å²) in [4.78, 5) is 27.0. The lowest BCUT2D eigenvalue weighted by Crippen LogP contribution is -2.50. The smallest absolute Gasteiger partial charge is 0.261 e. The van der Waals surface area contributed by atoms with Gasteiger partial charge in [-0.05, 0) is 51.8 Å². The Morgan fingerprint density at radius 2 is 1.64 bits per heavy atom. The summed E-state index contributed by atoms with van der Waals surface area (Å²) in [6.07, 6.45) is 0. The van der Waals surface area contributed by atoms with Crippen LogP contribution in [0, 0.1) is 13.8 Å². The van der Waals surface area contributed by atoms with Crippen molar-refractivity contribution in [2.24, 2.45) is 0 Å². The lowest BCUT2D eigenvalue weighted by atomic mass is 10.1. The third-order valence-electron chi connectivity index (χ3n) is 4.52. The van der Waals surface area contributed by atoms with E-state index in [9.17, 15) is 9.59 Å². The van der Waals surface area contributed by atoms with Gasteiger partial charge >= 0.3 is 0 Å². The quantitative estimate of drug-likeness (QED) is 0.759. The number of carbonyl (C=O) groups is 2. The molecule has 28 heavy (non-hydrogen) atoms. The number of hydrogen-bond acceptors (Lipinski definition) is 3. The van der Waals surface area contributed by atoms with Gasteiger partial charge in [0.1, 0.15) is 11.8 Å². The fourth-order valence-corrected chi connectivity index (χ4v) is 2.82. The van der Waals surface area contributed by atoms with Crippen molar-refractivity contribution < 1.29 is 14.3 Å². The van der Waals surface area contributed by atoms with Crippen LogP contribution < -0.4 is 10.1 Å². The van der Waals surface area contributed by atoms with Gasteiger partial charge < -0.3 is 15.0 Å².